The number of rotatable bonds is 4. The average molecular weight is 345 g/mol. The number of alkyl halides is 3. The van der Waals surface area contributed by atoms with E-state index in [9.17, 15) is 33.0 Å². The number of fused-ring (bicyclic) bond motifs is 2. The van der Waals surface area contributed by atoms with Crippen molar-refractivity contribution in [2.45, 2.75) is 48.8 Å². The highest BCUT2D eigenvalue weighted by molar-refractivity contribution is 5.82. The van der Waals surface area contributed by atoms with Crippen LogP contribution in [0.5, 0.6) is 0 Å². The summed E-state index contributed by atoms with van der Waals surface area (Å²) in [7, 11) is 0. The molecule has 0 aromatic carbocycles. The molecule has 2 heterocycles. The number of aliphatic hydroxyl groups excluding tert-OH is 3. The van der Waals surface area contributed by atoms with Crippen LogP contribution in [0, 0.1) is 0 Å². The van der Waals surface area contributed by atoms with Gasteiger partial charge in [-0.15, -0.1) is 0 Å². The Morgan fingerprint density at radius 1 is 1.35 bits per heavy atom. The fourth-order valence-electron chi connectivity index (χ4n) is 2.60. The summed E-state index contributed by atoms with van der Waals surface area (Å²) in [4.78, 5) is 22.3. The Morgan fingerprint density at radius 2 is 1.96 bits per heavy atom. The van der Waals surface area contributed by atoms with Crippen molar-refractivity contribution < 1.29 is 52.7 Å². The van der Waals surface area contributed by atoms with Gasteiger partial charge in [0.2, 0.25) is 0 Å². The number of hydrogen-bond donors (Lipinski definition) is 5. The summed E-state index contributed by atoms with van der Waals surface area (Å²) in [5, 5.41) is 39.1. The fraction of sp³-hybridized carbons (Fsp3) is 0.818. The first-order chi connectivity index (χ1) is 10.5. The van der Waals surface area contributed by atoms with Crippen LogP contribution >= 0.6 is 0 Å². The van der Waals surface area contributed by atoms with E-state index < -0.39 is 67.3 Å². The van der Waals surface area contributed by atoms with Gasteiger partial charge in [0.15, 0.2) is 0 Å². The van der Waals surface area contributed by atoms with Crippen LogP contribution in [0.25, 0.3) is 0 Å². The molecular weight excluding hydrogens is 331 g/mol. The summed E-state index contributed by atoms with van der Waals surface area (Å²) in [6, 6.07) is -1.68. The first kappa shape index (κ1) is 17.9. The lowest BCUT2D eigenvalue weighted by atomic mass is 9.92. The Bertz CT molecular complexity index is 500. The number of nitrogens with one attached hydrogen (secondary N) is 1. The highest BCUT2D eigenvalue weighted by Gasteiger charge is 2.64. The van der Waals surface area contributed by atoms with E-state index in [-0.39, 0.29) is 0 Å². The summed E-state index contributed by atoms with van der Waals surface area (Å²) < 4.78 is 47.1. The summed E-state index contributed by atoms with van der Waals surface area (Å²) in [5.41, 5.74) is 0. The largest absolute Gasteiger partial charge is 0.477 e. The number of carboxylic acid groups (broad SMARTS) is 1. The number of aliphatic hydroxyl groups is 3. The van der Waals surface area contributed by atoms with Crippen LogP contribution in [0.1, 0.15) is 6.42 Å². The van der Waals surface area contributed by atoms with Crippen molar-refractivity contribution in [2.75, 3.05) is 6.61 Å². The summed E-state index contributed by atoms with van der Waals surface area (Å²) in [5.74, 6) is -6.39. The molecule has 23 heavy (non-hydrogen) atoms. The minimum Gasteiger partial charge on any atom is -0.477 e. The highest BCUT2D eigenvalue weighted by Crippen LogP contribution is 2.42. The normalized spacial score (nSPS) is 38.2. The third kappa shape index (κ3) is 3.12. The summed E-state index contributed by atoms with van der Waals surface area (Å²) in [6.07, 6.45) is -12.6. The molecule has 132 valence electrons. The number of halogens is 3. The predicted molar refractivity (Wildman–Crippen MR) is 61.8 cm³/mol. The molecule has 2 rings (SSSR count). The number of ether oxygens (including phenoxy) is 2. The van der Waals surface area contributed by atoms with Gasteiger partial charge in [-0.2, -0.15) is 13.2 Å². The Hall–Kier alpha value is -1.47. The first-order valence-electron chi connectivity index (χ1n) is 6.45. The number of aliphatic carboxylic acids is 1. The highest BCUT2D eigenvalue weighted by atomic mass is 19.4. The first-order valence-corrected chi connectivity index (χ1v) is 6.45. The van der Waals surface area contributed by atoms with Crippen molar-refractivity contribution >= 4 is 11.9 Å². The number of carbonyl (C=O) groups is 2. The molecule has 0 radical (unpaired) electrons. The van der Waals surface area contributed by atoms with Crippen molar-refractivity contribution in [1.29, 1.82) is 0 Å². The van der Waals surface area contributed by atoms with Gasteiger partial charge in [-0.05, 0) is 0 Å². The molecule has 1 amide bonds. The van der Waals surface area contributed by atoms with Crippen molar-refractivity contribution in [1.82, 2.24) is 5.32 Å². The second-order valence-electron chi connectivity index (χ2n) is 5.24. The van der Waals surface area contributed by atoms with Gasteiger partial charge in [0.05, 0.1) is 18.8 Å². The van der Waals surface area contributed by atoms with E-state index in [4.69, 9.17) is 19.7 Å². The van der Waals surface area contributed by atoms with E-state index in [1.807, 2.05) is 0 Å². The third-order valence-electron chi connectivity index (χ3n) is 3.67. The fourth-order valence-corrected chi connectivity index (χ4v) is 2.60. The lowest BCUT2D eigenvalue weighted by molar-refractivity contribution is -0.235. The van der Waals surface area contributed by atoms with E-state index in [0.29, 0.717) is 0 Å². The average Bonchev–Trinajstić information content (AvgIpc) is 2.77. The van der Waals surface area contributed by atoms with E-state index in [2.05, 4.69) is 0 Å². The standard InChI is InChI=1S/C11H14F3NO8/c12-11(13,14)8(19)15-5-3(17)1-10(9(20)21)22-6(4(18)2-16)7(5)23-10/h3-7,16-18H,1-2H2,(H,15,19)(H,20,21)/t3?,4-,5-,6+,7?,10-/m1/s1. The van der Waals surface area contributed by atoms with Gasteiger partial charge in [-0.3, -0.25) is 4.79 Å². The maximum absolute atomic E-state index is 12.3. The molecule has 0 spiro atoms. The molecule has 0 aromatic heterocycles. The maximum atomic E-state index is 12.3. The second kappa shape index (κ2) is 5.87. The quantitative estimate of drug-likeness (QED) is 0.383. The molecule has 9 nitrogen and oxygen atoms in total. The van der Waals surface area contributed by atoms with E-state index >= 15 is 0 Å². The van der Waals surface area contributed by atoms with Crippen molar-refractivity contribution in [2.24, 2.45) is 0 Å². The summed E-state index contributed by atoms with van der Waals surface area (Å²) in [6.45, 7) is -0.893. The van der Waals surface area contributed by atoms with Crippen molar-refractivity contribution in [3.8, 4) is 0 Å². The Kier molecular flexibility index (Phi) is 4.56. The minimum absolute atomic E-state index is 0.768. The van der Waals surface area contributed by atoms with Gasteiger partial charge in [0.1, 0.15) is 18.3 Å². The van der Waals surface area contributed by atoms with Crippen LogP contribution in [-0.4, -0.2) is 81.3 Å². The third-order valence-corrected chi connectivity index (χ3v) is 3.67. The van der Waals surface area contributed by atoms with Crippen LogP contribution < -0.4 is 5.32 Å². The van der Waals surface area contributed by atoms with Crippen LogP contribution in [0.15, 0.2) is 0 Å². The second-order valence-corrected chi connectivity index (χ2v) is 5.24. The van der Waals surface area contributed by atoms with Gasteiger partial charge < -0.3 is 35.2 Å². The Balaban J connectivity index is 2.28. The monoisotopic (exact) mass is 345 g/mol. The molecule has 2 bridgehead atoms. The molecule has 0 aromatic rings. The Morgan fingerprint density at radius 3 is 2.43 bits per heavy atom. The molecule has 5 N–H and O–H groups in total. The van der Waals surface area contributed by atoms with Gasteiger partial charge in [0, 0.05) is 6.42 Å². The minimum atomic E-state index is -5.23. The topological polar surface area (TPSA) is 146 Å². The SMILES string of the molecule is O=C(N[C@@H]1C(O)C[C@]2(C(=O)O)OC1[C@H]([C@H](O)CO)O2)C(F)(F)F. The number of carbonyl (C=O) groups excluding carboxylic acids is 1. The lowest BCUT2D eigenvalue weighted by Crippen LogP contribution is -2.62. The molecular formula is C11H14F3NO8. The number of amides is 1. The molecule has 2 aliphatic rings. The number of hydrogen-bond acceptors (Lipinski definition) is 7. The molecule has 6 atom stereocenters. The van der Waals surface area contributed by atoms with Crippen LogP contribution in [0.2, 0.25) is 0 Å². The van der Waals surface area contributed by atoms with Gasteiger partial charge in [0.25, 0.3) is 5.79 Å². The van der Waals surface area contributed by atoms with Gasteiger partial charge in [-0.25, -0.2) is 4.79 Å². The molecule has 0 aliphatic carbocycles. The van der Waals surface area contributed by atoms with Crippen LogP contribution in [-0.2, 0) is 19.1 Å². The molecule has 2 aliphatic heterocycles. The van der Waals surface area contributed by atoms with E-state index in [1.165, 1.54) is 5.32 Å². The molecule has 12 heteroatoms. The smallest absolute Gasteiger partial charge is 0.471 e. The Labute approximate surface area is 126 Å². The van der Waals surface area contributed by atoms with E-state index in [1.54, 1.807) is 0 Å². The zero-order chi connectivity index (χ0) is 17.6. The predicted octanol–water partition coefficient (Wildman–Crippen LogP) is -2.28. The summed E-state index contributed by atoms with van der Waals surface area (Å²) >= 11 is 0. The van der Waals surface area contributed by atoms with Crippen molar-refractivity contribution in [3.05, 3.63) is 0 Å². The van der Waals surface area contributed by atoms with Crippen LogP contribution in [0.4, 0.5) is 13.2 Å². The van der Waals surface area contributed by atoms with Gasteiger partial charge in [-0.1, -0.05) is 0 Å². The van der Waals surface area contributed by atoms with E-state index in [0.717, 1.165) is 0 Å². The maximum Gasteiger partial charge on any atom is 0.471 e. The lowest BCUT2D eigenvalue weighted by Gasteiger charge is -2.37. The zero-order valence-electron chi connectivity index (χ0n) is 11.4. The molecule has 2 unspecified atom stereocenters. The van der Waals surface area contributed by atoms with Crippen LogP contribution in [0.3, 0.4) is 0 Å². The van der Waals surface area contributed by atoms with Crippen molar-refractivity contribution in [3.63, 3.8) is 0 Å². The van der Waals surface area contributed by atoms with Gasteiger partial charge >= 0.3 is 18.1 Å². The molecule has 2 fully saturated rings. The zero-order valence-corrected chi connectivity index (χ0v) is 11.4. The number of carboxylic acids is 1. The molecule has 0 saturated carbocycles. The molecule has 2 saturated heterocycles.